The Labute approximate surface area is 208 Å². The number of H-pyrrole nitrogens is 1. The Kier molecular flexibility index (Phi) is 6.95. The second kappa shape index (κ2) is 10.6. The molecular formula is C28H28N4O4. The van der Waals surface area contributed by atoms with E-state index in [0.29, 0.717) is 42.8 Å². The largest absolute Gasteiger partial charge is 0.496 e. The van der Waals surface area contributed by atoms with Gasteiger partial charge < -0.3 is 19.8 Å². The number of para-hydroxylation sites is 3. The molecule has 1 aliphatic rings. The van der Waals surface area contributed by atoms with E-state index in [9.17, 15) is 9.59 Å². The van der Waals surface area contributed by atoms with Crippen molar-refractivity contribution < 1.29 is 14.3 Å². The van der Waals surface area contributed by atoms with Gasteiger partial charge in [-0.15, -0.1) is 0 Å². The standard InChI is InChI=1S/C28H28N4O4/c1-35-24-13-7-4-10-21(24)25-17-32(16-19-8-2-6-12-23(19)36-25)18-27(33)29-15-14-26-30-22-11-5-3-9-20(22)28(34)31-26/h2-13,25H,14-18H2,1H3,(H,29,33)(H,30,31,34). The molecule has 8 heteroatoms. The number of nitrogens with zero attached hydrogens (tertiary/aromatic N) is 2. The number of fused-ring (bicyclic) bond motifs is 2. The van der Waals surface area contributed by atoms with Crippen molar-refractivity contribution in [3.8, 4) is 11.5 Å². The number of benzene rings is 3. The molecule has 1 amide bonds. The van der Waals surface area contributed by atoms with Crippen LogP contribution in [-0.4, -0.2) is 47.5 Å². The first-order valence-electron chi connectivity index (χ1n) is 11.9. The first-order chi connectivity index (χ1) is 17.6. The molecule has 0 saturated carbocycles. The maximum absolute atomic E-state index is 12.9. The summed E-state index contributed by atoms with van der Waals surface area (Å²) in [4.78, 5) is 34.5. The fourth-order valence-corrected chi connectivity index (χ4v) is 4.53. The van der Waals surface area contributed by atoms with E-state index in [1.54, 1.807) is 13.2 Å². The van der Waals surface area contributed by atoms with E-state index in [1.807, 2.05) is 66.7 Å². The van der Waals surface area contributed by atoms with Gasteiger partial charge in [0.05, 0.1) is 24.6 Å². The van der Waals surface area contributed by atoms with Crippen molar-refractivity contribution in [1.29, 1.82) is 0 Å². The van der Waals surface area contributed by atoms with Crippen LogP contribution in [0.4, 0.5) is 0 Å². The van der Waals surface area contributed by atoms with Crippen LogP contribution in [0.3, 0.4) is 0 Å². The Morgan fingerprint density at radius 1 is 1.11 bits per heavy atom. The lowest BCUT2D eigenvalue weighted by Crippen LogP contribution is -2.39. The molecule has 1 aliphatic heterocycles. The summed E-state index contributed by atoms with van der Waals surface area (Å²) in [6.45, 7) is 1.71. The number of methoxy groups -OCH3 is 1. The molecule has 0 fully saturated rings. The molecule has 1 atom stereocenters. The number of amides is 1. The summed E-state index contributed by atoms with van der Waals surface area (Å²) in [5.74, 6) is 2.01. The highest BCUT2D eigenvalue weighted by atomic mass is 16.5. The van der Waals surface area contributed by atoms with Gasteiger partial charge in [-0.25, -0.2) is 4.98 Å². The van der Waals surface area contributed by atoms with Gasteiger partial charge >= 0.3 is 0 Å². The number of carbonyl (C=O) groups excluding carboxylic acids is 1. The predicted molar refractivity (Wildman–Crippen MR) is 137 cm³/mol. The Hall–Kier alpha value is -4.17. The van der Waals surface area contributed by atoms with Gasteiger partial charge in [-0.05, 0) is 24.3 Å². The first kappa shape index (κ1) is 23.6. The van der Waals surface area contributed by atoms with Crippen LogP contribution in [0.2, 0.25) is 0 Å². The average molecular weight is 485 g/mol. The smallest absolute Gasteiger partial charge is 0.258 e. The van der Waals surface area contributed by atoms with Gasteiger partial charge in [-0.2, -0.15) is 0 Å². The van der Waals surface area contributed by atoms with Gasteiger partial charge in [-0.1, -0.05) is 48.5 Å². The molecule has 3 aromatic carbocycles. The fraction of sp³-hybridized carbons (Fsp3) is 0.250. The molecule has 4 aromatic rings. The molecule has 184 valence electrons. The zero-order valence-corrected chi connectivity index (χ0v) is 20.1. The molecule has 1 unspecified atom stereocenters. The quantitative estimate of drug-likeness (QED) is 0.418. The van der Waals surface area contributed by atoms with E-state index in [2.05, 4.69) is 20.2 Å². The minimum absolute atomic E-state index is 0.101. The number of nitrogens with one attached hydrogen (secondary N) is 2. The third kappa shape index (κ3) is 5.23. The highest BCUT2D eigenvalue weighted by Gasteiger charge is 2.27. The molecule has 0 radical (unpaired) electrons. The van der Waals surface area contributed by atoms with Crippen LogP contribution in [0.25, 0.3) is 10.9 Å². The lowest BCUT2D eigenvalue weighted by atomic mass is 10.1. The summed E-state index contributed by atoms with van der Waals surface area (Å²) >= 11 is 0. The first-order valence-corrected chi connectivity index (χ1v) is 11.9. The van der Waals surface area contributed by atoms with E-state index >= 15 is 0 Å². The number of hydrogen-bond donors (Lipinski definition) is 2. The van der Waals surface area contributed by atoms with Gasteiger partial charge in [0.25, 0.3) is 5.56 Å². The molecule has 36 heavy (non-hydrogen) atoms. The lowest BCUT2D eigenvalue weighted by Gasteiger charge is -2.24. The summed E-state index contributed by atoms with van der Waals surface area (Å²) < 4.78 is 12.0. The maximum atomic E-state index is 12.9. The zero-order valence-electron chi connectivity index (χ0n) is 20.1. The Morgan fingerprint density at radius 3 is 2.78 bits per heavy atom. The number of aromatic amines is 1. The normalized spacial score (nSPS) is 15.5. The molecule has 0 spiro atoms. The van der Waals surface area contributed by atoms with Crippen molar-refractivity contribution in [2.75, 3.05) is 26.7 Å². The van der Waals surface area contributed by atoms with E-state index in [0.717, 1.165) is 22.6 Å². The van der Waals surface area contributed by atoms with Crippen LogP contribution in [0.15, 0.2) is 77.6 Å². The Morgan fingerprint density at radius 2 is 1.89 bits per heavy atom. The second-order valence-corrected chi connectivity index (χ2v) is 8.76. The molecule has 2 heterocycles. The van der Waals surface area contributed by atoms with Crippen molar-refractivity contribution >= 4 is 16.8 Å². The molecule has 8 nitrogen and oxygen atoms in total. The topological polar surface area (TPSA) is 96.5 Å². The van der Waals surface area contributed by atoms with E-state index in [1.165, 1.54) is 0 Å². The number of hydrogen-bond acceptors (Lipinski definition) is 6. The fourth-order valence-electron chi connectivity index (χ4n) is 4.53. The van der Waals surface area contributed by atoms with E-state index < -0.39 is 0 Å². The highest BCUT2D eigenvalue weighted by molar-refractivity contribution is 5.78. The summed E-state index contributed by atoms with van der Waals surface area (Å²) in [6.07, 6.45) is 0.145. The number of carbonyl (C=O) groups is 1. The van der Waals surface area contributed by atoms with Gasteiger partial charge in [0.2, 0.25) is 5.91 Å². The molecule has 0 saturated heterocycles. The van der Waals surface area contributed by atoms with Gasteiger partial charge in [0.1, 0.15) is 23.4 Å². The van der Waals surface area contributed by atoms with Crippen molar-refractivity contribution in [3.63, 3.8) is 0 Å². The summed E-state index contributed by atoms with van der Waals surface area (Å²) in [5, 5.41) is 3.51. The Balaban J connectivity index is 1.26. The Bertz CT molecular complexity index is 1430. The number of aromatic nitrogens is 2. The SMILES string of the molecule is COc1ccccc1C1CN(CC(=O)NCCc2nc3ccccc3c(=O)[nH]2)Cc2ccccc2O1. The third-order valence-electron chi connectivity index (χ3n) is 6.26. The molecule has 5 rings (SSSR count). The second-order valence-electron chi connectivity index (χ2n) is 8.76. The predicted octanol–water partition coefficient (Wildman–Crippen LogP) is 3.23. The molecule has 1 aromatic heterocycles. The van der Waals surface area contributed by atoms with Crippen LogP contribution in [0.5, 0.6) is 11.5 Å². The van der Waals surface area contributed by atoms with Crippen LogP contribution in [0, 0.1) is 0 Å². The van der Waals surface area contributed by atoms with E-state index in [4.69, 9.17) is 9.47 Å². The molecular weight excluding hydrogens is 456 g/mol. The zero-order chi connectivity index (χ0) is 24.9. The lowest BCUT2D eigenvalue weighted by molar-refractivity contribution is -0.122. The third-order valence-corrected chi connectivity index (χ3v) is 6.26. The van der Waals surface area contributed by atoms with Gasteiger partial charge in [0, 0.05) is 37.2 Å². The van der Waals surface area contributed by atoms with Crippen LogP contribution < -0.4 is 20.3 Å². The number of ether oxygens (including phenoxy) is 2. The van der Waals surface area contributed by atoms with Crippen molar-refractivity contribution in [1.82, 2.24) is 20.2 Å². The molecule has 0 aliphatic carbocycles. The monoisotopic (exact) mass is 484 g/mol. The van der Waals surface area contributed by atoms with Crippen LogP contribution >= 0.6 is 0 Å². The average Bonchev–Trinajstić information content (AvgIpc) is 3.07. The maximum Gasteiger partial charge on any atom is 0.258 e. The van der Waals surface area contributed by atoms with Crippen molar-refractivity contribution in [3.05, 3.63) is 100 Å². The van der Waals surface area contributed by atoms with E-state index in [-0.39, 0.29) is 24.1 Å². The summed E-state index contributed by atoms with van der Waals surface area (Å²) in [6, 6.07) is 22.9. The van der Waals surface area contributed by atoms with Crippen molar-refractivity contribution in [2.24, 2.45) is 0 Å². The highest BCUT2D eigenvalue weighted by Crippen LogP contribution is 2.34. The van der Waals surface area contributed by atoms with Gasteiger partial charge in [0.15, 0.2) is 0 Å². The van der Waals surface area contributed by atoms with Gasteiger partial charge in [-0.3, -0.25) is 14.5 Å². The van der Waals surface area contributed by atoms with Crippen LogP contribution in [0.1, 0.15) is 23.1 Å². The molecule has 0 bridgehead atoms. The molecule has 2 N–H and O–H groups in total. The summed E-state index contributed by atoms with van der Waals surface area (Å²) in [5.41, 5.74) is 2.44. The van der Waals surface area contributed by atoms with Crippen molar-refractivity contribution in [2.45, 2.75) is 19.1 Å². The summed E-state index contributed by atoms with van der Waals surface area (Å²) in [7, 11) is 1.65. The van der Waals surface area contributed by atoms with Crippen LogP contribution in [-0.2, 0) is 17.8 Å². The minimum atomic E-state index is -0.288. The number of rotatable bonds is 7. The minimum Gasteiger partial charge on any atom is -0.496 e.